The van der Waals surface area contributed by atoms with Gasteiger partial charge in [-0.25, -0.2) is 9.97 Å². The zero-order valence-corrected chi connectivity index (χ0v) is 14.2. The molecule has 3 aromatic rings. The summed E-state index contributed by atoms with van der Waals surface area (Å²) in [6, 6.07) is 7.28. The third-order valence-corrected chi connectivity index (χ3v) is 4.41. The quantitative estimate of drug-likeness (QED) is 0.751. The zero-order chi connectivity index (χ0) is 17.2. The second-order valence-corrected chi connectivity index (χ2v) is 6.26. The van der Waals surface area contributed by atoms with Gasteiger partial charge >= 0.3 is 0 Å². The lowest BCUT2D eigenvalue weighted by Crippen LogP contribution is -2.43. The molecular weight excluding hydrogens is 340 g/mol. The van der Waals surface area contributed by atoms with Crippen molar-refractivity contribution in [2.24, 2.45) is 0 Å². The molecule has 4 heterocycles. The number of halogens is 1. The number of imidazole rings is 1. The molecule has 0 aliphatic carbocycles. The SMILES string of the molecule is O=C(Nc1ccc(N2CCNCC2)cn1)c1ncn2cc(Cl)ccc12. The Kier molecular flexibility index (Phi) is 4.25. The van der Waals surface area contributed by atoms with E-state index in [9.17, 15) is 4.79 Å². The number of nitrogens with zero attached hydrogens (tertiary/aromatic N) is 4. The molecule has 0 unspecified atom stereocenters. The van der Waals surface area contributed by atoms with Crippen molar-refractivity contribution in [1.82, 2.24) is 19.7 Å². The Morgan fingerprint density at radius 1 is 1.16 bits per heavy atom. The van der Waals surface area contributed by atoms with Crippen LogP contribution in [0.2, 0.25) is 5.02 Å². The van der Waals surface area contributed by atoms with Crippen LogP contribution in [0.4, 0.5) is 11.5 Å². The maximum absolute atomic E-state index is 12.5. The van der Waals surface area contributed by atoms with Gasteiger partial charge in [-0.05, 0) is 24.3 Å². The number of rotatable bonds is 3. The van der Waals surface area contributed by atoms with Crippen molar-refractivity contribution in [3.05, 3.63) is 53.7 Å². The highest BCUT2D eigenvalue weighted by atomic mass is 35.5. The van der Waals surface area contributed by atoms with E-state index in [0.717, 1.165) is 31.9 Å². The van der Waals surface area contributed by atoms with Crippen molar-refractivity contribution in [2.45, 2.75) is 0 Å². The van der Waals surface area contributed by atoms with E-state index >= 15 is 0 Å². The lowest BCUT2D eigenvalue weighted by molar-refractivity contribution is 0.102. The number of hydrogen-bond acceptors (Lipinski definition) is 5. The van der Waals surface area contributed by atoms with Gasteiger partial charge in [0.05, 0.1) is 22.4 Å². The smallest absolute Gasteiger partial charge is 0.277 e. The Morgan fingerprint density at radius 3 is 2.76 bits per heavy atom. The van der Waals surface area contributed by atoms with Gasteiger partial charge in [0.15, 0.2) is 5.69 Å². The Morgan fingerprint density at radius 2 is 2.00 bits per heavy atom. The van der Waals surface area contributed by atoms with Gasteiger partial charge in [0.2, 0.25) is 0 Å². The topological polar surface area (TPSA) is 74.6 Å². The summed E-state index contributed by atoms with van der Waals surface area (Å²) in [5.74, 6) is 0.200. The van der Waals surface area contributed by atoms with Crippen LogP contribution in [0, 0.1) is 0 Å². The fraction of sp³-hybridized carbons (Fsp3) is 0.235. The number of pyridine rings is 2. The van der Waals surface area contributed by atoms with Gasteiger partial charge < -0.3 is 19.9 Å². The van der Waals surface area contributed by atoms with Crippen molar-refractivity contribution in [2.75, 3.05) is 36.4 Å². The molecule has 3 aromatic heterocycles. The lowest BCUT2D eigenvalue weighted by atomic mass is 10.3. The second kappa shape index (κ2) is 6.70. The first-order valence-electron chi connectivity index (χ1n) is 8.06. The molecule has 0 saturated carbocycles. The van der Waals surface area contributed by atoms with Crippen LogP contribution in [-0.2, 0) is 0 Å². The minimum absolute atomic E-state index is 0.299. The number of carbonyl (C=O) groups excluding carboxylic acids is 1. The Labute approximate surface area is 149 Å². The van der Waals surface area contributed by atoms with E-state index in [4.69, 9.17) is 11.6 Å². The molecule has 4 rings (SSSR count). The van der Waals surface area contributed by atoms with Crippen molar-refractivity contribution < 1.29 is 4.79 Å². The number of carbonyl (C=O) groups is 1. The van der Waals surface area contributed by atoms with Crippen LogP contribution in [0.15, 0.2) is 43.0 Å². The molecule has 1 aliphatic rings. The number of hydrogen-bond donors (Lipinski definition) is 2. The van der Waals surface area contributed by atoms with Gasteiger partial charge in [-0.1, -0.05) is 11.6 Å². The maximum Gasteiger partial charge on any atom is 0.277 e. The summed E-state index contributed by atoms with van der Waals surface area (Å²) in [5.41, 5.74) is 2.09. The maximum atomic E-state index is 12.5. The number of anilines is 2. The molecule has 8 heteroatoms. The van der Waals surface area contributed by atoms with E-state index in [1.54, 1.807) is 35.3 Å². The largest absolute Gasteiger partial charge is 0.368 e. The number of piperazine rings is 1. The minimum Gasteiger partial charge on any atom is -0.368 e. The summed E-state index contributed by atoms with van der Waals surface area (Å²) >= 11 is 5.95. The molecule has 0 spiro atoms. The summed E-state index contributed by atoms with van der Waals surface area (Å²) in [6.07, 6.45) is 5.06. The first kappa shape index (κ1) is 15.9. The fourth-order valence-corrected chi connectivity index (χ4v) is 3.06. The second-order valence-electron chi connectivity index (χ2n) is 5.83. The summed E-state index contributed by atoms with van der Waals surface area (Å²) in [4.78, 5) is 23.3. The van der Waals surface area contributed by atoms with Crippen LogP contribution in [-0.4, -0.2) is 46.5 Å². The van der Waals surface area contributed by atoms with Gasteiger partial charge in [-0.2, -0.15) is 0 Å². The first-order chi connectivity index (χ1) is 12.2. The zero-order valence-electron chi connectivity index (χ0n) is 13.4. The lowest BCUT2D eigenvalue weighted by Gasteiger charge is -2.29. The fourth-order valence-electron chi connectivity index (χ4n) is 2.89. The van der Waals surface area contributed by atoms with Gasteiger partial charge in [-0.15, -0.1) is 0 Å². The van der Waals surface area contributed by atoms with Crippen molar-refractivity contribution in [1.29, 1.82) is 0 Å². The van der Waals surface area contributed by atoms with E-state index in [0.29, 0.717) is 22.1 Å². The molecule has 128 valence electrons. The predicted octanol–water partition coefficient (Wildman–Crippen LogP) is 2.04. The molecule has 0 atom stereocenters. The van der Waals surface area contributed by atoms with E-state index in [1.807, 2.05) is 12.1 Å². The van der Waals surface area contributed by atoms with E-state index in [-0.39, 0.29) is 5.91 Å². The molecule has 7 nitrogen and oxygen atoms in total. The van der Waals surface area contributed by atoms with Gasteiger partial charge in [0, 0.05) is 32.4 Å². The number of aromatic nitrogens is 3. The highest BCUT2D eigenvalue weighted by Gasteiger charge is 2.15. The summed E-state index contributed by atoms with van der Waals surface area (Å²) in [6.45, 7) is 3.85. The van der Waals surface area contributed by atoms with Crippen molar-refractivity contribution in [3.63, 3.8) is 0 Å². The van der Waals surface area contributed by atoms with Gasteiger partial charge in [0.25, 0.3) is 5.91 Å². The average Bonchev–Trinajstić information content (AvgIpc) is 3.06. The summed E-state index contributed by atoms with van der Waals surface area (Å²) < 4.78 is 1.72. The number of amides is 1. The van der Waals surface area contributed by atoms with Gasteiger partial charge in [0.1, 0.15) is 12.1 Å². The predicted molar refractivity (Wildman–Crippen MR) is 97.5 cm³/mol. The monoisotopic (exact) mass is 356 g/mol. The number of fused-ring (bicyclic) bond motifs is 1. The highest BCUT2D eigenvalue weighted by Crippen LogP contribution is 2.18. The third-order valence-electron chi connectivity index (χ3n) is 4.18. The third kappa shape index (κ3) is 3.29. The molecule has 0 aromatic carbocycles. The van der Waals surface area contributed by atoms with Crippen LogP contribution < -0.4 is 15.5 Å². The standard InChI is InChI=1S/C17H17ClN6O/c18-12-1-3-14-16(21-11-24(14)10-12)17(25)22-15-4-2-13(9-20-15)23-7-5-19-6-8-23/h1-4,9-11,19H,5-8H2,(H,20,22,25). The van der Waals surface area contributed by atoms with Crippen LogP contribution in [0.1, 0.15) is 10.5 Å². The summed E-state index contributed by atoms with van der Waals surface area (Å²) in [7, 11) is 0. The highest BCUT2D eigenvalue weighted by molar-refractivity contribution is 6.30. The molecule has 0 radical (unpaired) electrons. The Bertz CT molecular complexity index is 901. The van der Waals surface area contributed by atoms with E-state index in [1.165, 1.54) is 0 Å². The summed E-state index contributed by atoms with van der Waals surface area (Å²) in [5, 5.41) is 6.70. The van der Waals surface area contributed by atoms with Crippen LogP contribution in [0.25, 0.3) is 5.52 Å². The van der Waals surface area contributed by atoms with Crippen LogP contribution in [0.3, 0.4) is 0 Å². The molecule has 0 bridgehead atoms. The molecular formula is C17H17ClN6O. The molecule has 2 N–H and O–H groups in total. The average molecular weight is 357 g/mol. The van der Waals surface area contributed by atoms with Crippen LogP contribution in [0.5, 0.6) is 0 Å². The molecule has 1 amide bonds. The normalized spacial score (nSPS) is 14.7. The minimum atomic E-state index is -0.299. The Balaban J connectivity index is 1.50. The molecule has 25 heavy (non-hydrogen) atoms. The van der Waals surface area contributed by atoms with Gasteiger partial charge in [-0.3, -0.25) is 4.79 Å². The molecule has 1 aliphatic heterocycles. The van der Waals surface area contributed by atoms with E-state index in [2.05, 4.69) is 25.5 Å². The van der Waals surface area contributed by atoms with Crippen molar-refractivity contribution >= 4 is 34.5 Å². The number of nitrogens with one attached hydrogen (secondary N) is 2. The molecule has 1 saturated heterocycles. The molecule has 1 fully saturated rings. The Hall–Kier alpha value is -2.64. The first-order valence-corrected chi connectivity index (χ1v) is 8.44. The van der Waals surface area contributed by atoms with E-state index < -0.39 is 0 Å². The van der Waals surface area contributed by atoms with Crippen LogP contribution >= 0.6 is 11.6 Å². The van der Waals surface area contributed by atoms with Crippen molar-refractivity contribution in [3.8, 4) is 0 Å².